The second-order valence-electron chi connectivity index (χ2n) is 5.15. The summed E-state index contributed by atoms with van der Waals surface area (Å²) in [5.41, 5.74) is 4.97. The highest BCUT2D eigenvalue weighted by molar-refractivity contribution is 5.84. The Kier molecular flexibility index (Phi) is 6.32. The number of nitrogens with one attached hydrogen (secondary N) is 1. The van der Waals surface area contributed by atoms with Gasteiger partial charge in [-0.1, -0.05) is 25.7 Å². The average Bonchev–Trinajstić information content (AvgIpc) is 2.84. The Hall–Kier alpha value is -1.59. The first-order chi connectivity index (χ1) is 8.99. The molecule has 0 heterocycles. The highest BCUT2D eigenvalue weighted by Gasteiger charge is 2.21. The smallest absolute Gasteiger partial charge is 0.326 e. The van der Waals surface area contributed by atoms with E-state index < -0.39 is 17.9 Å². The number of carbonyl (C=O) groups is 3. The molecule has 1 aliphatic rings. The van der Waals surface area contributed by atoms with Crippen LogP contribution < -0.4 is 11.1 Å². The SMILES string of the molecule is NC(=O)CC[C@@H](NC(=O)CCC1CCCC1)C(=O)O. The molecule has 0 aromatic carbocycles. The van der Waals surface area contributed by atoms with Gasteiger partial charge in [0.1, 0.15) is 6.04 Å². The van der Waals surface area contributed by atoms with E-state index in [4.69, 9.17) is 10.8 Å². The molecule has 1 rings (SSSR count). The van der Waals surface area contributed by atoms with Crippen molar-refractivity contribution in [2.75, 3.05) is 0 Å². The van der Waals surface area contributed by atoms with Crippen molar-refractivity contribution in [2.45, 2.75) is 57.4 Å². The molecule has 1 fully saturated rings. The molecule has 1 atom stereocenters. The van der Waals surface area contributed by atoms with Gasteiger partial charge in [0.15, 0.2) is 0 Å². The molecular weight excluding hydrogens is 248 g/mol. The molecule has 1 aliphatic carbocycles. The van der Waals surface area contributed by atoms with Crippen LogP contribution in [0.15, 0.2) is 0 Å². The Morgan fingerprint density at radius 1 is 1.21 bits per heavy atom. The first-order valence-corrected chi connectivity index (χ1v) is 6.79. The molecule has 0 radical (unpaired) electrons. The molecule has 19 heavy (non-hydrogen) atoms. The number of aliphatic carboxylic acids is 1. The number of amides is 2. The van der Waals surface area contributed by atoms with Gasteiger partial charge >= 0.3 is 5.97 Å². The van der Waals surface area contributed by atoms with E-state index in [0.717, 1.165) is 19.3 Å². The van der Waals surface area contributed by atoms with Crippen molar-refractivity contribution in [3.05, 3.63) is 0 Å². The maximum atomic E-state index is 11.7. The molecule has 0 saturated heterocycles. The third kappa shape index (κ3) is 6.22. The van der Waals surface area contributed by atoms with Crippen molar-refractivity contribution in [1.82, 2.24) is 5.32 Å². The van der Waals surface area contributed by atoms with E-state index in [1.807, 2.05) is 0 Å². The van der Waals surface area contributed by atoms with Crippen LogP contribution >= 0.6 is 0 Å². The second-order valence-corrected chi connectivity index (χ2v) is 5.15. The van der Waals surface area contributed by atoms with Gasteiger partial charge in [0.05, 0.1) is 0 Å². The Morgan fingerprint density at radius 2 is 1.84 bits per heavy atom. The number of carboxylic acid groups (broad SMARTS) is 1. The lowest BCUT2D eigenvalue weighted by Crippen LogP contribution is -2.41. The number of nitrogens with two attached hydrogens (primary N) is 1. The topological polar surface area (TPSA) is 109 Å². The summed E-state index contributed by atoms with van der Waals surface area (Å²) in [6.45, 7) is 0. The Bertz CT molecular complexity index is 338. The second kappa shape index (κ2) is 7.76. The van der Waals surface area contributed by atoms with Crippen molar-refractivity contribution < 1.29 is 19.5 Å². The average molecular weight is 270 g/mol. The minimum atomic E-state index is -1.13. The van der Waals surface area contributed by atoms with E-state index >= 15 is 0 Å². The van der Waals surface area contributed by atoms with Crippen LogP contribution in [0.5, 0.6) is 0 Å². The fourth-order valence-electron chi connectivity index (χ4n) is 2.44. The standard InChI is InChI=1S/C13H22N2O4/c14-11(16)7-6-10(13(18)19)15-12(17)8-5-9-3-1-2-4-9/h9-10H,1-8H2,(H2,14,16)(H,15,17)(H,18,19)/t10-/m1/s1. The van der Waals surface area contributed by atoms with Gasteiger partial charge in [-0.3, -0.25) is 9.59 Å². The van der Waals surface area contributed by atoms with E-state index in [1.54, 1.807) is 0 Å². The van der Waals surface area contributed by atoms with Crippen molar-refractivity contribution in [1.29, 1.82) is 0 Å². The molecule has 0 aromatic heterocycles. The quantitative estimate of drug-likeness (QED) is 0.605. The number of hydrogen-bond donors (Lipinski definition) is 3. The van der Waals surface area contributed by atoms with Crippen LogP contribution in [0.3, 0.4) is 0 Å². The molecule has 0 aliphatic heterocycles. The number of rotatable bonds is 8. The van der Waals surface area contributed by atoms with E-state index in [0.29, 0.717) is 12.3 Å². The molecule has 2 amide bonds. The summed E-state index contributed by atoms with van der Waals surface area (Å²) in [7, 11) is 0. The van der Waals surface area contributed by atoms with Gasteiger partial charge in [-0.2, -0.15) is 0 Å². The first-order valence-electron chi connectivity index (χ1n) is 6.79. The normalized spacial score (nSPS) is 17.1. The lowest BCUT2D eigenvalue weighted by Gasteiger charge is -2.14. The van der Waals surface area contributed by atoms with Crippen molar-refractivity contribution in [3.8, 4) is 0 Å². The largest absolute Gasteiger partial charge is 0.480 e. The number of carboxylic acids is 1. The zero-order chi connectivity index (χ0) is 14.3. The highest BCUT2D eigenvalue weighted by Crippen LogP contribution is 2.28. The van der Waals surface area contributed by atoms with E-state index in [9.17, 15) is 14.4 Å². The van der Waals surface area contributed by atoms with E-state index in [-0.39, 0.29) is 18.7 Å². The zero-order valence-electron chi connectivity index (χ0n) is 11.1. The molecule has 108 valence electrons. The first kappa shape index (κ1) is 15.5. The van der Waals surface area contributed by atoms with Gasteiger partial charge in [-0.25, -0.2) is 4.79 Å². The molecule has 6 nitrogen and oxygen atoms in total. The number of primary amides is 1. The lowest BCUT2D eigenvalue weighted by molar-refractivity contribution is -0.142. The molecule has 0 spiro atoms. The zero-order valence-corrected chi connectivity index (χ0v) is 11.1. The van der Waals surface area contributed by atoms with Gasteiger partial charge in [0, 0.05) is 12.8 Å². The minimum absolute atomic E-state index is 0.0415. The maximum Gasteiger partial charge on any atom is 0.326 e. The van der Waals surface area contributed by atoms with Crippen LogP contribution in [0.2, 0.25) is 0 Å². The molecule has 0 unspecified atom stereocenters. The van der Waals surface area contributed by atoms with Crippen molar-refractivity contribution in [2.24, 2.45) is 11.7 Å². The molecule has 1 saturated carbocycles. The molecule has 0 bridgehead atoms. The third-order valence-electron chi connectivity index (χ3n) is 3.57. The predicted molar refractivity (Wildman–Crippen MR) is 69.2 cm³/mol. The van der Waals surface area contributed by atoms with Gasteiger partial charge in [-0.15, -0.1) is 0 Å². The predicted octanol–water partition coefficient (Wildman–Crippen LogP) is 0.792. The summed E-state index contributed by atoms with van der Waals surface area (Å²) in [5.74, 6) is -1.36. The Labute approximate surface area is 112 Å². The molecular formula is C13H22N2O4. The molecule has 6 heteroatoms. The minimum Gasteiger partial charge on any atom is -0.480 e. The van der Waals surface area contributed by atoms with Crippen molar-refractivity contribution in [3.63, 3.8) is 0 Å². The summed E-state index contributed by atoms with van der Waals surface area (Å²) in [4.78, 5) is 33.2. The fourth-order valence-corrected chi connectivity index (χ4v) is 2.44. The fraction of sp³-hybridized carbons (Fsp3) is 0.769. The lowest BCUT2D eigenvalue weighted by atomic mass is 10.0. The van der Waals surface area contributed by atoms with Crippen LogP contribution in [0, 0.1) is 5.92 Å². The van der Waals surface area contributed by atoms with Gasteiger partial charge in [0.25, 0.3) is 0 Å². The van der Waals surface area contributed by atoms with E-state index in [2.05, 4.69) is 5.32 Å². The summed E-state index contributed by atoms with van der Waals surface area (Å²) >= 11 is 0. The third-order valence-corrected chi connectivity index (χ3v) is 3.57. The maximum absolute atomic E-state index is 11.7. The van der Waals surface area contributed by atoms with Crippen LogP contribution in [0.25, 0.3) is 0 Å². The molecule has 0 aromatic rings. The summed E-state index contributed by atoms with van der Waals surface area (Å²) in [6.07, 6.45) is 5.94. The highest BCUT2D eigenvalue weighted by atomic mass is 16.4. The van der Waals surface area contributed by atoms with Crippen LogP contribution in [0.1, 0.15) is 51.4 Å². The van der Waals surface area contributed by atoms with Gasteiger partial charge in [0.2, 0.25) is 11.8 Å². The number of hydrogen-bond acceptors (Lipinski definition) is 3. The van der Waals surface area contributed by atoms with E-state index in [1.165, 1.54) is 12.8 Å². The molecule has 4 N–H and O–H groups in total. The summed E-state index contributed by atoms with van der Waals surface area (Å²) in [5, 5.41) is 11.4. The number of carbonyl (C=O) groups excluding carboxylic acids is 2. The van der Waals surface area contributed by atoms with Crippen LogP contribution in [-0.4, -0.2) is 28.9 Å². The monoisotopic (exact) mass is 270 g/mol. The van der Waals surface area contributed by atoms with Gasteiger partial charge < -0.3 is 16.2 Å². The van der Waals surface area contributed by atoms with Crippen LogP contribution in [-0.2, 0) is 14.4 Å². The van der Waals surface area contributed by atoms with Crippen LogP contribution in [0.4, 0.5) is 0 Å². The Balaban J connectivity index is 2.29. The van der Waals surface area contributed by atoms with Gasteiger partial charge in [-0.05, 0) is 18.8 Å². The summed E-state index contributed by atoms with van der Waals surface area (Å²) in [6, 6.07) is -1.02. The van der Waals surface area contributed by atoms with Crippen molar-refractivity contribution >= 4 is 17.8 Å². The Morgan fingerprint density at radius 3 is 2.37 bits per heavy atom. The summed E-state index contributed by atoms with van der Waals surface area (Å²) < 4.78 is 0.